The van der Waals surface area contributed by atoms with Gasteiger partial charge < -0.3 is 10.2 Å². The minimum Gasteiger partial charge on any atom is -0.380 e. The van der Waals surface area contributed by atoms with E-state index in [4.69, 9.17) is 0 Å². The van der Waals surface area contributed by atoms with Gasteiger partial charge in [0, 0.05) is 72.5 Å². The van der Waals surface area contributed by atoms with E-state index >= 15 is 4.39 Å². The summed E-state index contributed by atoms with van der Waals surface area (Å²) < 4.78 is 113. The first kappa shape index (κ1) is 46.8. The summed E-state index contributed by atoms with van der Waals surface area (Å²) in [5.74, 6) is -4.36. The molecule has 4 aromatic carbocycles. The first-order valence-corrected chi connectivity index (χ1v) is 24.8. The van der Waals surface area contributed by atoms with Crippen molar-refractivity contribution < 1.29 is 58.4 Å². The Kier molecular flexibility index (Phi) is 13.2. The maximum atomic E-state index is 15.7. The standard InChI is InChI=1S/C44H42F4N6O9S3/c45-35-21-34-33(42(58)54(43(34)59)37-15-16-39(55)50-41(37)57)19-27(35)22-53-29-11-12-30(53)24-52(23-29)18-17-28(25-64-31-9-5-2-6-10-31)49-36-14-13-32(20-38(36)65(60,61)44(46,47)48)66(62,63)51-40(56)26-7-3-1-4-8-26/h1-10,13-14,19-21,28-30,37,49H,11-12,15-18,22-25H2,(H,51,56)(H,50,55,57)/t28-,29?,30?,37?/m1/s1. The molecular weight excluding hydrogens is 929 g/mol. The van der Waals surface area contributed by atoms with Gasteiger partial charge in [0.25, 0.3) is 37.6 Å². The molecule has 22 heteroatoms. The molecule has 0 aromatic heterocycles. The Morgan fingerprint density at radius 1 is 0.833 bits per heavy atom. The molecule has 3 N–H and O–H groups in total. The maximum Gasteiger partial charge on any atom is 0.501 e. The van der Waals surface area contributed by atoms with E-state index in [-0.39, 0.29) is 59.5 Å². The Morgan fingerprint density at radius 3 is 2.11 bits per heavy atom. The molecule has 0 saturated carbocycles. The molecule has 3 unspecified atom stereocenters. The summed E-state index contributed by atoms with van der Waals surface area (Å²) in [5, 5.41) is 5.11. The first-order chi connectivity index (χ1) is 31.3. The van der Waals surface area contributed by atoms with Crippen molar-refractivity contribution in [3.8, 4) is 0 Å². The van der Waals surface area contributed by atoms with Crippen LogP contribution in [-0.2, 0) is 36.0 Å². The Balaban J connectivity index is 0.981. The maximum absolute atomic E-state index is 15.7. The van der Waals surface area contributed by atoms with Crippen molar-refractivity contribution in [3.63, 3.8) is 0 Å². The number of sulfonamides is 1. The minimum absolute atomic E-state index is 0.0312. The number of carbonyl (C=O) groups is 5. The third kappa shape index (κ3) is 9.59. The molecule has 66 heavy (non-hydrogen) atoms. The van der Waals surface area contributed by atoms with E-state index in [9.17, 15) is 54.0 Å². The highest BCUT2D eigenvalue weighted by Gasteiger charge is 2.49. The fourth-order valence-electron chi connectivity index (χ4n) is 8.81. The van der Waals surface area contributed by atoms with Gasteiger partial charge in [-0.1, -0.05) is 36.4 Å². The van der Waals surface area contributed by atoms with Gasteiger partial charge in [-0.3, -0.25) is 39.1 Å². The SMILES string of the molecule is O=C1CCC(N2C(=O)c3cc(F)c(CN4C5CCC4CN(CC[C@H](CSc4ccccc4)Nc4ccc(S(=O)(=O)NC(=O)c6ccccc6)cc4S(=O)(=O)C(F)(F)F)C5)cc3C2=O)C(=O)N1. The number of hydrogen-bond donors (Lipinski definition) is 3. The molecule has 4 aromatic rings. The van der Waals surface area contributed by atoms with Gasteiger partial charge in [-0.05, 0) is 80.3 Å². The number of carbonyl (C=O) groups excluding carboxylic acids is 5. The fraction of sp³-hybridized carbons (Fsp3) is 0.341. The Bertz CT molecular complexity index is 2810. The monoisotopic (exact) mass is 970 g/mol. The number of anilines is 1. The van der Waals surface area contributed by atoms with E-state index in [0.717, 1.165) is 40.8 Å². The summed E-state index contributed by atoms with van der Waals surface area (Å²) in [6.07, 6.45) is 1.73. The van der Waals surface area contributed by atoms with E-state index in [0.29, 0.717) is 32.1 Å². The van der Waals surface area contributed by atoms with Crippen LogP contribution in [-0.4, -0.2) is 116 Å². The topological polar surface area (TPSA) is 199 Å². The van der Waals surface area contributed by atoms with Gasteiger partial charge >= 0.3 is 5.51 Å². The van der Waals surface area contributed by atoms with Crippen LogP contribution >= 0.6 is 11.8 Å². The molecule has 4 atom stereocenters. The third-order valence-electron chi connectivity index (χ3n) is 12.1. The smallest absolute Gasteiger partial charge is 0.380 e. The van der Waals surface area contributed by atoms with E-state index in [1.807, 2.05) is 30.3 Å². The van der Waals surface area contributed by atoms with Crippen molar-refractivity contribution in [3.05, 3.63) is 119 Å². The number of likely N-dealkylation sites (tertiary alicyclic amines) is 1. The summed E-state index contributed by atoms with van der Waals surface area (Å²) in [6, 6.07) is 18.9. The summed E-state index contributed by atoms with van der Waals surface area (Å²) in [5.41, 5.74) is -6.35. The second-order valence-corrected chi connectivity index (χ2v) is 21.1. The zero-order valence-electron chi connectivity index (χ0n) is 34.8. The number of piperidine rings is 1. The van der Waals surface area contributed by atoms with E-state index in [1.165, 1.54) is 42.1 Å². The summed E-state index contributed by atoms with van der Waals surface area (Å²) in [7, 11) is -11.0. The predicted molar refractivity (Wildman–Crippen MR) is 232 cm³/mol. The van der Waals surface area contributed by atoms with E-state index in [2.05, 4.69) is 20.4 Å². The van der Waals surface area contributed by atoms with Crippen molar-refractivity contribution in [1.82, 2.24) is 24.7 Å². The number of hydrogen-bond acceptors (Lipinski definition) is 13. The van der Waals surface area contributed by atoms with Crippen molar-refractivity contribution in [2.45, 2.75) is 83.0 Å². The third-order valence-corrected chi connectivity index (χ3v) is 16.2. The highest BCUT2D eigenvalue weighted by Crippen LogP contribution is 2.38. The predicted octanol–water partition coefficient (Wildman–Crippen LogP) is 4.95. The van der Waals surface area contributed by atoms with E-state index in [1.54, 1.807) is 10.8 Å². The number of sulfone groups is 1. The van der Waals surface area contributed by atoms with Gasteiger partial charge in [-0.25, -0.2) is 25.9 Å². The molecule has 348 valence electrons. The number of piperazine rings is 1. The number of nitrogens with zero attached hydrogens (tertiary/aromatic N) is 3. The summed E-state index contributed by atoms with van der Waals surface area (Å²) >= 11 is 1.38. The molecular formula is C44H42F4N6O9S3. The van der Waals surface area contributed by atoms with Crippen LogP contribution in [0.2, 0.25) is 0 Å². The van der Waals surface area contributed by atoms with Gasteiger partial charge in [0.1, 0.15) is 16.8 Å². The van der Waals surface area contributed by atoms with Gasteiger partial charge in [-0.2, -0.15) is 13.2 Å². The Morgan fingerprint density at radius 2 is 1.47 bits per heavy atom. The molecule has 3 saturated heterocycles. The first-order valence-electron chi connectivity index (χ1n) is 20.8. The lowest BCUT2D eigenvalue weighted by molar-refractivity contribution is -0.136. The number of halogens is 4. The van der Waals surface area contributed by atoms with Crippen molar-refractivity contribution in [2.75, 3.05) is 30.7 Å². The zero-order chi connectivity index (χ0) is 47.1. The average Bonchev–Trinajstić information content (AvgIpc) is 3.64. The van der Waals surface area contributed by atoms with Crippen LogP contribution in [0.3, 0.4) is 0 Å². The molecule has 0 aliphatic carbocycles. The number of alkyl halides is 3. The molecule has 15 nitrogen and oxygen atoms in total. The van der Waals surface area contributed by atoms with Crippen LogP contribution in [0.25, 0.3) is 0 Å². The van der Waals surface area contributed by atoms with Crippen LogP contribution < -0.4 is 15.4 Å². The van der Waals surface area contributed by atoms with E-state index < -0.39 is 88.3 Å². The normalized spacial score (nSPS) is 20.8. The second kappa shape index (κ2) is 18.5. The number of thioether (sulfide) groups is 1. The molecule has 0 spiro atoms. The van der Waals surface area contributed by atoms with Gasteiger partial charge in [0.05, 0.1) is 21.7 Å². The molecule has 4 aliphatic rings. The quantitative estimate of drug-likeness (QED) is 0.0823. The second-order valence-electron chi connectivity index (χ2n) is 16.4. The minimum atomic E-state index is -6.14. The number of benzene rings is 4. The van der Waals surface area contributed by atoms with Crippen molar-refractivity contribution in [1.29, 1.82) is 0 Å². The molecule has 0 radical (unpaired) electrons. The molecule has 3 fully saturated rings. The number of fused-ring (bicyclic) bond motifs is 3. The van der Waals surface area contributed by atoms with Crippen LogP contribution in [0, 0.1) is 5.82 Å². The molecule has 4 aliphatic heterocycles. The van der Waals surface area contributed by atoms with Crippen LogP contribution in [0.1, 0.15) is 68.7 Å². The molecule has 4 heterocycles. The Hall–Kier alpha value is -5.68. The lowest BCUT2D eigenvalue weighted by atomic mass is 10.0. The number of amides is 5. The lowest BCUT2D eigenvalue weighted by Crippen LogP contribution is -2.54. The van der Waals surface area contributed by atoms with Crippen molar-refractivity contribution in [2.24, 2.45) is 0 Å². The largest absolute Gasteiger partial charge is 0.501 e. The highest BCUT2D eigenvalue weighted by molar-refractivity contribution is 7.99. The average molecular weight is 971 g/mol. The lowest BCUT2D eigenvalue weighted by Gasteiger charge is -2.41. The van der Waals surface area contributed by atoms with Crippen molar-refractivity contribution >= 4 is 66.8 Å². The van der Waals surface area contributed by atoms with Gasteiger partial charge in [0.2, 0.25) is 11.8 Å². The number of nitrogens with one attached hydrogen (secondary N) is 3. The fourth-order valence-corrected chi connectivity index (χ4v) is 11.8. The molecule has 2 bridgehead atoms. The van der Waals surface area contributed by atoms with Crippen LogP contribution in [0.15, 0.2) is 106 Å². The number of imide groups is 2. The highest BCUT2D eigenvalue weighted by atomic mass is 32.2. The Labute approximate surface area is 381 Å². The van der Waals surface area contributed by atoms with Gasteiger partial charge in [0.15, 0.2) is 0 Å². The molecule has 8 rings (SSSR count). The van der Waals surface area contributed by atoms with Gasteiger partial charge in [-0.15, -0.1) is 11.8 Å². The van der Waals surface area contributed by atoms with Crippen LogP contribution in [0.5, 0.6) is 0 Å². The van der Waals surface area contributed by atoms with Crippen LogP contribution in [0.4, 0.5) is 23.2 Å². The number of rotatable bonds is 15. The summed E-state index contributed by atoms with van der Waals surface area (Å²) in [4.78, 5) is 67.3. The summed E-state index contributed by atoms with van der Waals surface area (Å²) in [6.45, 7) is 1.58. The zero-order valence-corrected chi connectivity index (χ0v) is 37.2. The molecule has 5 amide bonds.